The van der Waals surface area contributed by atoms with Crippen molar-refractivity contribution in [1.29, 1.82) is 0 Å². The van der Waals surface area contributed by atoms with Crippen LogP contribution in [0.2, 0.25) is 0 Å². The molecule has 0 saturated carbocycles. The van der Waals surface area contributed by atoms with Gasteiger partial charge < -0.3 is 15.0 Å². The van der Waals surface area contributed by atoms with Crippen molar-refractivity contribution in [3.63, 3.8) is 0 Å². The van der Waals surface area contributed by atoms with Crippen LogP contribution in [0, 0.1) is 0 Å². The number of piperidine rings is 1. The number of carbonyl (C=O) groups is 1. The zero-order valence-electron chi connectivity index (χ0n) is 13.5. The van der Waals surface area contributed by atoms with Crippen LogP contribution < -0.4 is 5.32 Å². The first kappa shape index (κ1) is 15.8. The third kappa shape index (κ3) is 4.45. The first-order chi connectivity index (χ1) is 9.27. The molecule has 2 fully saturated rings. The number of rotatable bonds is 3. The summed E-state index contributed by atoms with van der Waals surface area (Å²) in [5.41, 5.74) is -0.499. The van der Waals surface area contributed by atoms with Gasteiger partial charge in [0.1, 0.15) is 0 Å². The molecule has 4 nitrogen and oxygen atoms in total. The Morgan fingerprint density at radius 1 is 1.20 bits per heavy atom. The maximum Gasteiger partial charge on any atom is 0.222 e. The lowest BCUT2D eigenvalue weighted by molar-refractivity contribution is -0.188. The molecule has 2 heterocycles. The van der Waals surface area contributed by atoms with Crippen LogP contribution in [0.1, 0.15) is 59.8 Å². The molecule has 2 saturated heterocycles. The fraction of sp³-hybridized carbons (Fsp3) is 0.938. The molecule has 0 aromatic heterocycles. The fourth-order valence-corrected chi connectivity index (χ4v) is 3.59. The second-order valence-electron chi connectivity index (χ2n) is 7.56. The molecule has 1 amide bonds. The molecular formula is C16H30N2O2. The molecule has 0 aliphatic carbocycles. The summed E-state index contributed by atoms with van der Waals surface area (Å²) in [6, 6.07) is 0.537. The predicted molar refractivity (Wildman–Crippen MR) is 80.7 cm³/mol. The van der Waals surface area contributed by atoms with Crippen LogP contribution in [0.4, 0.5) is 0 Å². The average molecular weight is 282 g/mol. The number of morpholine rings is 1. The van der Waals surface area contributed by atoms with Crippen LogP contribution in [-0.2, 0) is 9.53 Å². The minimum absolute atomic E-state index is 0.250. The number of hydrogen-bond donors (Lipinski definition) is 1. The van der Waals surface area contributed by atoms with Gasteiger partial charge in [-0.15, -0.1) is 0 Å². The van der Waals surface area contributed by atoms with Crippen LogP contribution in [0.15, 0.2) is 0 Å². The second kappa shape index (κ2) is 6.02. The fourth-order valence-electron chi connectivity index (χ4n) is 3.59. The molecule has 20 heavy (non-hydrogen) atoms. The van der Waals surface area contributed by atoms with Crippen molar-refractivity contribution in [2.45, 2.75) is 77.0 Å². The first-order valence-corrected chi connectivity index (χ1v) is 7.99. The van der Waals surface area contributed by atoms with E-state index in [-0.39, 0.29) is 17.1 Å². The van der Waals surface area contributed by atoms with Gasteiger partial charge in [-0.3, -0.25) is 4.79 Å². The maximum absolute atomic E-state index is 12.5. The summed E-state index contributed by atoms with van der Waals surface area (Å²) in [6.45, 7) is 10.8. The van der Waals surface area contributed by atoms with E-state index in [1.165, 1.54) is 19.3 Å². The van der Waals surface area contributed by atoms with Gasteiger partial charge in [0.25, 0.3) is 0 Å². The lowest BCUT2D eigenvalue weighted by Gasteiger charge is -2.47. The molecule has 116 valence electrons. The molecule has 0 bridgehead atoms. The Bertz CT molecular complexity index is 330. The van der Waals surface area contributed by atoms with E-state index in [9.17, 15) is 4.79 Å². The van der Waals surface area contributed by atoms with Crippen molar-refractivity contribution in [2.24, 2.45) is 0 Å². The van der Waals surface area contributed by atoms with E-state index in [0.29, 0.717) is 25.6 Å². The zero-order valence-corrected chi connectivity index (χ0v) is 13.5. The highest BCUT2D eigenvalue weighted by Crippen LogP contribution is 2.28. The topological polar surface area (TPSA) is 41.6 Å². The van der Waals surface area contributed by atoms with Gasteiger partial charge >= 0.3 is 0 Å². The van der Waals surface area contributed by atoms with Gasteiger partial charge in [-0.25, -0.2) is 0 Å². The molecule has 4 heteroatoms. The Hall–Kier alpha value is -0.610. The van der Waals surface area contributed by atoms with Crippen molar-refractivity contribution >= 4 is 5.91 Å². The Kier molecular flexibility index (Phi) is 4.75. The van der Waals surface area contributed by atoms with Crippen molar-refractivity contribution in [2.75, 3.05) is 19.6 Å². The summed E-state index contributed by atoms with van der Waals surface area (Å²) >= 11 is 0. The van der Waals surface area contributed by atoms with Crippen molar-refractivity contribution in [3.8, 4) is 0 Å². The Balaban J connectivity index is 1.84. The smallest absolute Gasteiger partial charge is 0.222 e. The van der Waals surface area contributed by atoms with Gasteiger partial charge in [0, 0.05) is 25.6 Å². The van der Waals surface area contributed by atoms with Crippen molar-refractivity contribution < 1.29 is 9.53 Å². The second-order valence-corrected chi connectivity index (χ2v) is 7.56. The molecule has 1 unspecified atom stereocenters. The number of nitrogens with zero attached hydrogens (tertiary/aromatic N) is 1. The minimum Gasteiger partial charge on any atom is -0.366 e. The lowest BCUT2D eigenvalue weighted by Crippen LogP contribution is -2.58. The van der Waals surface area contributed by atoms with E-state index in [4.69, 9.17) is 4.74 Å². The number of ether oxygens (including phenoxy) is 1. The van der Waals surface area contributed by atoms with Gasteiger partial charge in [-0.1, -0.05) is 6.42 Å². The van der Waals surface area contributed by atoms with E-state index in [1.807, 2.05) is 4.90 Å². The maximum atomic E-state index is 12.5. The Morgan fingerprint density at radius 2 is 1.85 bits per heavy atom. The first-order valence-electron chi connectivity index (χ1n) is 7.99. The molecule has 1 N–H and O–H groups in total. The van der Waals surface area contributed by atoms with Crippen LogP contribution in [-0.4, -0.2) is 47.7 Å². The van der Waals surface area contributed by atoms with Gasteiger partial charge in [-0.05, 0) is 53.5 Å². The average Bonchev–Trinajstić information content (AvgIpc) is 2.33. The third-order valence-corrected chi connectivity index (χ3v) is 4.17. The van der Waals surface area contributed by atoms with Crippen LogP contribution in [0.3, 0.4) is 0 Å². The monoisotopic (exact) mass is 282 g/mol. The third-order valence-electron chi connectivity index (χ3n) is 4.17. The Labute approximate surface area is 123 Å². The highest BCUT2D eigenvalue weighted by atomic mass is 16.5. The largest absolute Gasteiger partial charge is 0.366 e. The van der Waals surface area contributed by atoms with E-state index in [0.717, 1.165) is 13.0 Å². The number of carbonyl (C=O) groups excluding carboxylic acids is 1. The number of nitrogens with one attached hydrogen (secondary N) is 1. The molecule has 1 atom stereocenters. The summed E-state index contributed by atoms with van der Waals surface area (Å²) in [4.78, 5) is 14.5. The molecule has 2 aliphatic heterocycles. The lowest BCUT2D eigenvalue weighted by atomic mass is 9.97. The number of hydrogen-bond acceptors (Lipinski definition) is 3. The van der Waals surface area contributed by atoms with Crippen molar-refractivity contribution in [1.82, 2.24) is 10.2 Å². The van der Waals surface area contributed by atoms with Crippen LogP contribution >= 0.6 is 0 Å². The van der Waals surface area contributed by atoms with E-state index in [1.54, 1.807) is 0 Å². The highest BCUT2D eigenvalue weighted by molar-refractivity contribution is 5.76. The SMILES string of the molecule is CC1(C)CN(C(=O)CCC2CCCCN2)CC(C)(C)O1. The summed E-state index contributed by atoms with van der Waals surface area (Å²) in [6.07, 6.45) is 5.41. The molecular weight excluding hydrogens is 252 g/mol. The molecule has 0 aromatic rings. The standard InChI is InChI=1S/C16H30N2O2/c1-15(2)11-18(12-16(3,4)20-15)14(19)9-8-13-7-5-6-10-17-13/h13,17H,5-12H2,1-4H3. The van der Waals surface area contributed by atoms with E-state index >= 15 is 0 Å². The summed E-state index contributed by atoms with van der Waals surface area (Å²) < 4.78 is 6.03. The number of amides is 1. The van der Waals surface area contributed by atoms with Gasteiger partial charge in [-0.2, -0.15) is 0 Å². The van der Waals surface area contributed by atoms with Crippen LogP contribution in [0.25, 0.3) is 0 Å². The zero-order chi connectivity index (χ0) is 14.8. The van der Waals surface area contributed by atoms with Gasteiger partial charge in [0.15, 0.2) is 0 Å². The normalized spacial score (nSPS) is 29.2. The molecule has 2 aliphatic rings. The van der Waals surface area contributed by atoms with Crippen molar-refractivity contribution in [3.05, 3.63) is 0 Å². The highest BCUT2D eigenvalue weighted by Gasteiger charge is 2.39. The molecule has 2 rings (SSSR count). The van der Waals surface area contributed by atoms with Gasteiger partial charge in [0.2, 0.25) is 5.91 Å². The molecule has 0 aromatic carbocycles. The predicted octanol–water partition coefficient (Wildman–Crippen LogP) is 2.32. The summed E-state index contributed by atoms with van der Waals surface area (Å²) in [5, 5.41) is 3.51. The quantitative estimate of drug-likeness (QED) is 0.864. The molecule has 0 spiro atoms. The van der Waals surface area contributed by atoms with Gasteiger partial charge in [0.05, 0.1) is 11.2 Å². The molecule has 0 radical (unpaired) electrons. The Morgan fingerprint density at radius 3 is 2.40 bits per heavy atom. The van der Waals surface area contributed by atoms with E-state index < -0.39 is 0 Å². The summed E-state index contributed by atoms with van der Waals surface area (Å²) in [7, 11) is 0. The van der Waals surface area contributed by atoms with Crippen LogP contribution in [0.5, 0.6) is 0 Å². The van der Waals surface area contributed by atoms with E-state index in [2.05, 4.69) is 33.0 Å². The minimum atomic E-state index is -0.250. The summed E-state index contributed by atoms with van der Waals surface area (Å²) in [5.74, 6) is 0.279.